The highest BCUT2D eigenvalue weighted by Crippen LogP contribution is 2.34. The van der Waals surface area contributed by atoms with E-state index in [1.54, 1.807) is 16.8 Å². The molecule has 6 nitrogen and oxygen atoms in total. The Labute approximate surface area is 150 Å². The van der Waals surface area contributed by atoms with Crippen LogP contribution >= 0.6 is 0 Å². The first-order valence-electron chi connectivity index (χ1n) is 8.78. The summed E-state index contributed by atoms with van der Waals surface area (Å²) in [6.45, 7) is 0.153. The third-order valence-corrected chi connectivity index (χ3v) is 4.45. The molecule has 2 heterocycles. The molecule has 0 spiro atoms. The Morgan fingerprint density at radius 1 is 1.15 bits per heavy atom. The van der Waals surface area contributed by atoms with Crippen molar-refractivity contribution >= 4 is 16.9 Å². The molecule has 4 rings (SSSR count). The van der Waals surface area contributed by atoms with Gasteiger partial charge in [-0.25, -0.2) is 4.98 Å². The van der Waals surface area contributed by atoms with Crippen LogP contribution in [0.4, 0.5) is 0 Å². The Morgan fingerprint density at radius 3 is 2.73 bits per heavy atom. The number of carbonyl (C=O) groups excluding carboxylic acids is 1. The number of para-hydroxylation sites is 1. The van der Waals surface area contributed by atoms with E-state index in [-0.39, 0.29) is 30.6 Å². The van der Waals surface area contributed by atoms with Gasteiger partial charge in [-0.05, 0) is 37.1 Å². The van der Waals surface area contributed by atoms with Crippen LogP contribution in [0, 0.1) is 0 Å². The molecule has 0 radical (unpaired) electrons. The van der Waals surface area contributed by atoms with E-state index in [0.717, 1.165) is 12.8 Å². The highest BCUT2D eigenvalue weighted by Gasteiger charge is 2.28. The molecule has 132 valence electrons. The summed E-state index contributed by atoms with van der Waals surface area (Å²) in [4.78, 5) is 33.6. The van der Waals surface area contributed by atoms with Crippen molar-refractivity contribution in [3.63, 3.8) is 0 Å². The van der Waals surface area contributed by atoms with Gasteiger partial charge in [0.15, 0.2) is 0 Å². The van der Waals surface area contributed by atoms with Gasteiger partial charge in [-0.2, -0.15) is 0 Å². The third kappa shape index (κ3) is 3.49. The monoisotopic (exact) mass is 349 g/mol. The van der Waals surface area contributed by atoms with Gasteiger partial charge in [0.25, 0.3) is 5.56 Å². The average Bonchev–Trinajstić information content (AvgIpc) is 3.50. The number of aryl methyl sites for hydroxylation is 1. The minimum absolute atomic E-state index is 0.0186. The summed E-state index contributed by atoms with van der Waals surface area (Å²) in [5.74, 6) is 0.339. The largest absolute Gasteiger partial charge is 0.459 e. The molecule has 0 atom stereocenters. The van der Waals surface area contributed by atoms with Crippen molar-refractivity contribution in [2.45, 2.75) is 38.3 Å². The molecule has 1 aromatic carbocycles. The first-order chi connectivity index (χ1) is 12.7. The fraction of sp³-hybridized carbons (Fsp3) is 0.300. The SMILES string of the molecule is O=C(CCc1nc2ccccc2c(=O)n1C1CC1)OCc1ccccn1. The number of ether oxygens (including phenoxy) is 1. The summed E-state index contributed by atoms with van der Waals surface area (Å²) in [6.07, 6.45) is 4.20. The fourth-order valence-corrected chi connectivity index (χ4v) is 3.00. The van der Waals surface area contributed by atoms with E-state index >= 15 is 0 Å². The number of esters is 1. The Kier molecular flexibility index (Phi) is 4.48. The summed E-state index contributed by atoms with van der Waals surface area (Å²) in [6, 6.07) is 13.0. The highest BCUT2D eigenvalue weighted by atomic mass is 16.5. The average molecular weight is 349 g/mol. The van der Waals surface area contributed by atoms with Crippen molar-refractivity contribution in [2.75, 3.05) is 0 Å². The van der Waals surface area contributed by atoms with Crippen LogP contribution in [0.15, 0.2) is 53.5 Å². The highest BCUT2D eigenvalue weighted by molar-refractivity contribution is 5.77. The van der Waals surface area contributed by atoms with Crippen LogP contribution in [-0.4, -0.2) is 20.5 Å². The van der Waals surface area contributed by atoms with Crippen molar-refractivity contribution in [2.24, 2.45) is 0 Å². The van der Waals surface area contributed by atoms with Crippen molar-refractivity contribution in [1.82, 2.24) is 14.5 Å². The van der Waals surface area contributed by atoms with Crippen molar-refractivity contribution in [3.8, 4) is 0 Å². The molecule has 0 bridgehead atoms. The van der Waals surface area contributed by atoms with E-state index < -0.39 is 0 Å². The first-order valence-corrected chi connectivity index (χ1v) is 8.78. The van der Waals surface area contributed by atoms with E-state index in [1.165, 1.54) is 0 Å². The van der Waals surface area contributed by atoms with Gasteiger partial charge in [-0.15, -0.1) is 0 Å². The van der Waals surface area contributed by atoms with Gasteiger partial charge in [-0.3, -0.25) is 19.1 Å². The molecule has 1 aliphatic carbocycles. The topological polar surface area (TPSA) is 74.1 Å². The molecule has 6 heteroatoms. The summed E-state index contributed by atoms with van der Waals surface area (Å²) in [5.41, 5.74) is 1.36. The number of fused-ring (bicyclic) bond motifs is 1. The smallest absolute Gasteiger partial charge is 0.306 e. The zero-order valence-electron chi connectivity index (χ0n) is 14.3. The standard InChI is InChI=1S/C20H19N3O3/c24-19(26-13-14-5-3-4-12-21-14)11-10-18-22-17-7-2-1-6-16(17)20(25)23(18)15-8-9-15/h1-7,12,15H,8-11,13H2. The maximum absolute atomic E-state index is 12.8. The second-order valence-corrected chi connectivity index (χ2v) is 6.43. The quantitative estimate of drug-likeness (QED) is 0.640. The number of aromatic nitrogens is 3. The second kappa shape index (κ2) is 7.07. The first kappa shape index (κ1) is 16.4. The number of carbonyl (C=O) groups is 1. The minimum atomic E-state index is -0.319. The Balaban J connectivity index is 1.49. The zero-order valence-corrected chi connectivity index (χ0v) is 14.3. The predicted molar refractivity (Wildman–Crippen MR) is 96.6 cm³/mol. The van der Waals surface area contributed by atoms with Gasteiger partial charge in [0.05, 0.1) is 23.0 Å². The van der Waals surface area contributed by atoms with Gasteiger partial charge in [0.1, 0.15) is 12.4 Å². The van der Waals surface area contributed by atoms with Gasteiger partial charge in [0.2, 0.25) is 0 Å². The second-order valence-electron chi connectivity index (χ2n) is 6.43. The van der Waals surface area contributed by atoms with E-state index in [1.807, 2.05) is 36.4 Å². The Morgan fingerprint density at radius 2 is 1.96 bits per heavy atom. The lowest BCUT2D eigenvalue weighted by molar-refractivity contribution is -0.145. The predicted octanol–water partition coefficient (Wildman–Crippen LogP) is 2.80. The van der Waals surface area contributed by atoms with E-state index in [0.29, 0.717) is 28.8 Å². The van der Waals surface area contributed by atoms with Gasteiger partial charge in [0, 0.05) is 18.7 Å². The van der Waals surface area contributed by atoms with E-state index in [2.05, 4.69) is 9.97 Å². The molecule has 1 aliphatic rings. The number of rotatable bonds is 6. The van der Waals surface area contributed by atoms with Crippen LogP contribution in [-0.2, 0) is 22.6 Å². The minimum Gasteiger partial charge on any atom is -0.459 e. The normalized spacial score (nSPS) is 13.7. The van der Waals surface area contributed by atoms with Crippen molar-refractivity contribution in [1.29, 1.82) is 0 Å². The van der Waals surface area contributed by atoms with Gasteiger partial charge in [-0.1, -0.05) is 18.2 Å². The molecule has 3 aromatic rings. The summed E-state index contributed by atoms with van der Waals surface area (Å²) < 4.78 is 7.03. The van der Waals surface area contributed by atoms with Gasteiger partial charge >= 0.3 is 5.97 Å². The number of hydrogen-bond donors (Lipinski definition) is 0. The molecule has 1 saturated carbocycles. The van der Waals surface area contributed by atoms with Crippen molar-refractivity contribution < 1.29 is 9.53 Å². The van der Waals surface area contributed by atoms with Crippen LogP contribution in [0.3, 0.4) is 0 Å². The molecule has 0 saturated heterocycles. The molecule has 1 fully saturated rings. The number of pyridine rings is 1. The van der Waals surface area contributed by atoms with Crippen LogP contribution in [0.25, 0.3) is 10.9 Å². The van der Waals surface area contributed by atoms with Crippen LogP contribution < -0.4 is 5.56 Å². The van der Waals surface area contributed by atoms with Crippen LogP contribution in [0.5, 0.6) is 0 Å². The number of benzene rings is 1. The summed E-state index contributed by atoms with van der Waals surface area (Å²) >= 11 is 0. The van der Waals surface area contributed by atoms with E-state index in [9.17, 15) is 9.59 Å². The maximum Gasteiger partial charge on any atom is 0.306 e. The lowest BCUT2D eigenvalue weighted by atomic mass is 10.2. The molecule has 26 heavy (non-hydrogen) atoms. The van der Waals surface area contributed by atoms with E-state index in [4.69, 9.17) is 4.74 Å². The number of nitrogens with zero attached hydrogens (tertiary/aromatic N) is 3. The maximum atomic E-state index is 12.8. The lowest BCUT2D eigenvalue weighted by Gasteiger charge is -2.12. The molecule has 0 unspecified atom stereocenters. The molecular formula is C20H19N3O3. The molecule has 0 N–H and O–H groups in total. The number of hydrogen-bond acceptors (Lipinski definition) is 5. The van der Waals surface area contributed by atoms with Crippen molar-refractivity contribution in [3.05, 3.63) is 70.5 Å². The molecular weight excluding hydrogens is 330 g/mol. The third-order valence-electron chi connectivity index (χ3n) is 4.45. The van der Waals surface area contributed by atoms with Crippen LogP contribution in [0.1, 0.15) is 36.8 Å². The Hall–Kier alpha value is -3.02. The molecule has 2 aromatic heterocycles. The fourth-order valence-electron chi connectivity index (χ4n) is 3.00. The molecule has 0 amide bonds. The lowest BCUT2D eigenvalue weighted by Crippen LogP contribution is -2.25. The summed E-state index contributed by atoms with van der Waals surface area (Å²) in [7, 11) is 0. The van der Waals surface area contributed by atoms with Crippen LogP contribution in [0.2, 0.25) is 0 Å². The van der Waals surface area contributed by atoms with Gasteiger partial charge < -0.3 is 4.74 Å². The molecule has 0 aliphatic heterocycles. The zero-order chi connectivity index (χ0) is 17.9. The Bertz CT molecular complexity index is 994. The summed E-state index contributed by atoms with van der Waals surface area (Å²) in [5, 5.41) is 0.626.